The van der Waals surface area contributed by atoms with Gasteiger partial charge in [0.1, 0.15) is 5.82 Å². The summed E-state index contributed by atoms with van der Waals surface area (Å²) in [4.78, 5) is 29.1. The Balaban J connectivity index is 1.72. The Morgan fingerprint density at radius 3 is 2.77 bits per heavy atom. The van der Waals surface area contributed by atoms with Crippen molar-refractivity contribution in [2.45, 2.75) is 19.8 Å². The number of pyridine rings is 1. The van der Waals surface area contributed by atoms with Crippen LogP contribution in [0.3, 0.4) is 0 Å². The maximum atomic E-state index is 12.2. The summed E-state index contributed by atoms with van der Waals surface area (Å²) in [7, 11) is 0. The SMILES string of the molecule is Cc1cc(NC(=O)CCC(=O)c2cccs2)n(-c2ncc(Cl)cc2Cl)n1. The van der Waals surface area contributed by atoms with E-state index in [9.17, 15) is 9.59 Å². The number of anilines is 1. The summed E-state index contributed by atoms with van der Waals surface area (Å²) in [5.41, 5.74) is 0.683. The van der Waals surface area contributed by atoms with E-state index in [0.29, 0.717) is 32.3 Å². The van der Waals surface area contributed by atoms with Gasteiger partial charge in [0, 0.05) is 25.1 Å². The average molecular weight is 409 g/mol. The molecule has 1 amide bonds. The summed E-state index contributed by atoms with van der Waals surface area (Å²) in [6.07, 6.45) is 1.66. The molecule has 0 atom stereocenters. The molecular weight excluding hydrogens is 395 g/mol. The van der Waals surface area contributed by atoms with Crippen LogP contribution >= 0.6 is 34.5 Å². The van der Waals surface area contributed by atoms with Crippen molar-refractivity contribution in [3.05, 3.63) is 56.5 Å². The maximum Gasteiger partial charge on any atom is 0.225 e. The molecule has 6 nitrogen and oxygen atoms in total. The van der Waals surface area contributed by atoms with E-state index in [1.54, 1.807) is 25.1 Å². The fraction of sp³-hybridized carbons (Fsp3) is 0.176. The van der Waals surface area contributed by atoms with Crippen LogP contribution in [0.15, 0.2) is 35.8 Å². The highest BCUT2D eigenvalue weighted by Gasteiger charge is 2.16. The third kappa shape index (κ3) is 4.30. The van der Waals surface area contributed by atoms with E-state index >= 15 is 0 Å². The van der Waals surface area contributed by atoms with Gasteiger partial charge in [0.15, 0.2) is 11.6 Å². The van der Waals surface area contributed by atoms with Crippen LogP contribution in [-0.2, 0) is 4.79 Å². The summed E-state index contributed by atoms with van der Waals surface area (Å²) in [6, 6.07) is 6.80. The zero-order valence-electron chi connectivity index (χ0n) is 13.7. The molecule has 0 aliphatic rings. The molecular formula is C17H14Cl2N4O2S. The third-order valence-corrected chi connectivity index (χ3v) is 4.86. The predicted molar refractivity (Wildman–Crippen MR) is 103 cm³/mol. The van der Waals surface area contributed by atoms with Crippen LogP contribution in [0.2, 0.25) is 10.0 Å². The van der Waals surface area contributed by atoms with Gasteiger partial charge in [0.2, 0.25) is 5.91 Å². The lowest BCUT2D eigenvalue weighted by molar-refractivity contribution is -0.116. The van der Waals surface area contributed by atoms with Crippen LogP contribution in [-0.4, -0.2) is 26.5 Å². The number of hydrogen-bond donors (Lipinski definition) is 1. The molecule has 0 fully saturated rings. The summed E-state index contributed by atoms with van der Waals surface area (Å²) in [5.74, 6) is 0.435. The molecule has 3 heterocycles. The van der Waals surface area contributed by atoms with Crippen LogP contribution in [0.4, 0.5) is 5.82 Å². The fourth-order valence-electron chi connectivity index (χ4n) is 2.31. The molecule has 0 saturated heterocycles. The summed E-state index contributed by atoms with van der Waals surface area (Å²) >= 11 is 13.4. The van der Waals surface area contributed by atoms with Gasteiger partial charge in [0.25, 0.3) is 0 Å². The summed E-state index contributed by atoms with van der Waals surface area (Å²) < 4.78 is 1.44. The Morgan fingerprint density at radius 1 is 1.27 bits per heavy atom. The number of amides is 1. The zero-order chi connectivity index (χ0) is 18.7. The first-order valence-corrected chi connectivity index (χ1v) is 9.32. The molecule has 0 aliphatic heterocycles. The Hall–Kier alpha value is -2.22. The Kier molecular flexibility index (Phi) is 5.70. The molecule has 0 aliphatic carbocycles. The first kappa shape index (κ1) is 18.6. The monoisotopic (exact) mass is 408 g/mol. The second-order valence-electron chi connectivity index (χ2n) is 5.49. The van der Waals surface area contributed by atoms with Gasteiger partial charge < -0.3 is 5.32 Å². The minimum Gasteiger partial charge on any atom is -0.311 e. The molecule has 26 heavy (non-hydrogen) atoms. The van der Waals surface area contributed by atoms with Crippen LogP contribution in [0, 0.1) is 6.92 Å². The number of carbonyl (C=O) groups is 2. The number of aryl methyl sites for hydroxylation is 1. The molecule has 3 aromatic rings. The predicted octanol–water partition coefficient (Wildman–Crippen LogP) is 4.55. The lowest BCUT2D eigenvalue weighted by Gasteiger charge is -2.09. The second-order valence-corrected chi connectivity index (χ2v) is 7.28. The van der Waals surface area contributed by atoms with Crippen molar-refractivity contribution in [1.82, 2.24) is 14.8 Å². The number of carbonyl (C=O) groups excluding carboxylic acids is 2. The van der Waals surface area contributed by atoms with Gasteiger partial charge in [-0.1, -0.05) is 29.3 Å². The maximum absolute atomic E-state index is 12.2. The van der Waals surface area contributed by atoms with E-state index in [-0.39, 0.29) is 24.5 Å². The number of rotatable bonds is 6. The molecule has 9 heteroatoms. The number of aromatic nitrogens is 3. The first-order valence-electron chi connectivity index (χ1n) is 7.68. The van der Waals surface area contributed by atoms with Crippen LogP contribution in [0.1, 0.15) is 28.2 Å². The minimum atomic E-state index is -0.291. The zero-order valence-corrected chi connectivity index (χ0v) is 16.0. The van der Waals surface area contributed by atoms with Crippen molar-refractivity contribution in [2.75, 3.05) is 5.32 Å². The van der Waals surface area contributed by atoms with Crippen LogP contribution < -0.4 is 5.32 Å². The highest BCUT2D eigenvalue weighted by Crippen LogP contribution is 2.25. The topological polar surface area (TPSA) is 76.9 Å². The molecule has 0 aromatic carbocycles. The van der Waals surface area contributed by atoms with Crippen LogP contribution in [0.25, 0.3) is 5.82 Å². The largest absolute Gasteiger partial charge is 0.311 e. The van der Waals surface area contributed by atoms with Crippen molar-refractivity contribution in [3.8, 4) is 5.82 Å². The average Bonchev–Trinajstić information content (AvgIpc) is 3.23. The van der Waals surface area contributed by atoms with Crippen molar-refractivity contribution < 1.29 is 9.59 Å². The number of Topliss-reactive ketones (excluding diaryl/α,β-unsaturated/α-hetero) is 1. The normalized spacial score (nSPS) is 10.7. The van der Waals surface area contributed by atoms with Gasteiger partial charge in [-0.15, -0.1) is 11.3 Å². The van der Waals surface area contributed by atoms with E-state index in [0.717, 1.165) is 0 Å². The summed E-state index contributed by atoms with van der Waals surface area (Å²) in [6.45, 7) is 1.79. The number of ketones is 1. The Bertz CT molecular complexity index is 954. The molecule has 3 rings (SSSR count). The molecule has 1 N–H and O–H groups in total. The third-order valence-electron chi connectivity index (χ3n) is 3.46. The van der Waals surface area contributed by atoms with Crippen molar-refractivity contribution in [1.29, 1.82) is 0 Å². The molecule has 0 saturated carbocycles. The number of halogens is 2. The molecule has 0 spiro atoms. The number of nitrogens with one attached hydrogen (secondary N) is 1. The van der Waals surface area contributed by atoms with Crippen molar-refractivity contribution in [2.24, 2.45) is 0 Å². The fourth-order valence-corrected chi connectivity index (χ4v) is 3.46. The van der Waals surface area contributed by atoms with E-state index in [4.69, 9.17) is 23.2 Å². The van der Waals surface area contributed by atoms with E-state index in [2.05, 4.69) is 15.4 Å². The lowest BCUT2D eigenvalue weighted by Crippen LogP contribution is -2.16. The van der Waals surface area contributed by atoms with Crippen molar-refractivity contribution in [3.63, 3.8) is 0 Å². The van der Waals surface area contributed by atoms with Gasteiger partial charge in [-0.2, -0.15) is 9.78 Å². The van der Waals surface area contributed by atoms with Crippen molar-refractivity contribution >= 4 is 52.0 Å². The van der Waals surface area contributed by atoms with Gasteiger partial charge in [-0.25, -0.2) is 4.98 Å². The van der Waals surface area contributed by atoms with E-state index in [1.165, 1.54) is 22.2 Å². The van der Waals surface area contributed by atoms with Crippen LogP contribution in [0.5, 0.6) is 0 Å². The highest BCUT2D eigenvalue weighted by molar-refractivity contribution is 7.12. The minimum absolute atomic E-state index is 0.0535. The standard InChI is InChI=1S/C17H14Cl2N4O2S/c1-10-7-15(23(22-10)17-12(19)8-11(18)9-20-17)21-16(25)5-4-13(24)14-3-2-6-26-14/h2-3,6-9H,4-5H2,1H3,(H,21,25). The molecule has 0 unspecified atom stereocenters. The number of hydrogen-bond acceptors (Lipinski definition) is 5. The highest BCUT2D eigenvalue weighted by atomic mass is 35.5. The molecule has 3 aromatic heterocycles. The van der Waals surface area contributed by atoms with Gasteiger partial charge >= 0.3 is 0 Å². The van der Waals surface area contributed by atoms with E-state index < -0.39 is 0 Å². The van der Waals surface area contributed by atoms with Gasteiger partial charge in [-0.05, 0) is 24.4 Å². The number of thiophene rings is 1. The first-order chi connectivity index (χ1) is 12.4. The smallest absolute Gasteiger partial charge is 0.225 e. The number of nitrogens with zero attached hydrogens (tertiary/aromatic N) is 3. The molecule has 0 bridgehead atoms. The molecule has 0 radical (unpaired) electrons. The Morgan fingerprint density at radius 2 is 2.08 bits per heavy atom. The van der Waals surface area contributed by atoms with Gasteiger partial charge in [0.05, 0.1) is 20.6 Å². The van der Waals surface area contributed by atoms with Gasteiger partial charge in [-0.3, -0.25) is 9.59 Å². The second kappa shape index (κ2) is 7.99. The quantitative estimate of drug-likeness (QED) is 0.607. The summed E-state index contributed by atoms with van der Waals surface area (Å²) in [5, 5.41) is 9.60. The van der Waals surface area contributed by atoms with E-state index in [1.807, 2.05) is 11.4 Å². The molecule has 134 valence electrons. The lowest BCUT2D eigenvalue weighted by atomic mass is 10.2. The Labute approximate surface area is 163 Å².